The Morgan fingerprint density at radius 2 is 1.91 bits per heavy atom. The van der Waals surface area contributed by atoms with Crippen LogP contribution in [0.2, 0.25) is 0 Å². The Morgan fingerprint density at radius 1 is 1.23 bits per heavy atom. The van der Waals surface area contributed by atoms with Crippen molar-refractivity contribution in [3.05, 3.63) is 74.5 Å². The first-order valence-electron chi connectivity index (χ1n) is 14.3. The molecule has 1 aromatic carbocycles. The van der Waals surface area contributed by atoms with Gasteiger partial charge in [0.25, 0.3) is 5.91 Å². The molecule has 0 bridgehead atoms. The average molecular weight is 637 g/mol. The molecule has 2 aliphatic heterocycles. The fraction of sp³-hybridized carbons (Fsp3) is 0.500. The molecule has 1 N–H and O–H groups in total. The number of amides is 1. The van der Waals surface area contributed by atoms with Crippen molar-refractivity contribution >= 4 is 27.1 Å². The summed E-state index contributed by atoms with van der Waals surface area (Å²) >= 11 is 1.45. The maximum Gasteiger partial charge on any atom is 0.451 e. The Balaban J connectivity index is 1.26. The molecule has 4 heterocycles. The molecule has 1 amide bonds. The van der Waals surface area contributed by atoms with Crippen LogP contribution < -0.4 is 5.32 Å². The summed E-state index contributed by atoms with van der Waals surface area (Å²) in [6.45, 7) is 8.76. The summed E-state index contributed by atoms with van der Waals surface area (Å²) < 4.78 is 69.9. The quantitative estimate of drug-likeness (QED) is 0.360. The molecular weight excluding hydrogens is 601 g/mol. The topological polar surface area (TPSA) is 101 Å². The van der Waals surface area contributed by atoms with Gasteiger partial charge in [-0.3, -0.25) is 9.69 Å². The molecule has 1 fully saturated rings. The molecule has 0 radical (unpaired) electrons. The van der Waals surface area contributed by atoms with E-state index < -0.39 is 27.4 Å². The number of fused-ring (bicyclic) bond motifs is 2. The lowest BCUT2D eigenvalue weighted by Crippen LogP contribution is -2.48. The number of sulfone groups is 1. The van der Waals surface area contributed by atoms with Gasteiger partial charge in [-0.1, -0.05) is 19.1 Å². The number of carbonyl (C=O) groups excluding carboxylic acids is 1. The predicted molar refractivity (Wildman–Crippen MR) is 157 cm³/mol. The second kappa shape index (κ2) is 11.9. The lowest BCUT2D eigenvalue weighted by Gasteiger charge is -2.47. The van der Waals surface area contributed by atoms with Crippen molar-refractivity contribution in [1.82, 2.24) is 20.2 Å². The standard InChI is InChI=1S/C30H35F3N4O4S2/c1-5-43(39,40)23-8-6-21(7-9-23)16-34-27(38)25-15-22-14-18(2)41-29(26(22)42-25)10-12-37(13-11-29)20(4)24-17-35-28(30(31,32)33)36-19(24)3/h6-9,15,17-18,20H,5,10-14,16H2,1-4H3,(H,34,38)/t18-,20?/m0/s1. The van der Waals surface area contributed by atoms with Gasteiger partial charge < -0.3 is 10.1 Å². The van der Waals surface area contributed by atoms with Crippen LogP contribution in [0.3, 0.4) is 0 Å². The third-order valence-corrected chi connectivity index (χ3v) is 11.5. The summed E-state index contributed by atoms with van der Waals surface area (Å²) in [5.74, 6) is -1.30. The van der Waals surface area contributed by atoms with E-state index >= 15 is 0 Å². The van der Waals surface area contributed by atoms with Crippen LogP contribution in [0, 0.1) is 6.92 Å². The number of ether oxygens (including phenoxy) is 1. The zero-order valence-corrected chi connectivity index (χ0v) is 26.1. The number of aromatic nitrogens is 2. The van der Waals surface area contributed by atoms with E-state index in [1.807, 2.05) is 19.9 Å². The number of halogens is 3. The van der Waals surface area contributed by atoms with Crippen molar-refractivity contribution in [2.75, 3.05) is 18.8 Å². The van der Waals surface area contributed by atoms with Crippen molar-refractivity contribution in [1.29, 1.82) is 0 Å². The minimum Gasteiger partial charge on any atom is -0.366 e. The zero-order valence-electron chi connectivity index (χ0n) is 24.5. The molecule has 0 aliphatic carbocycles. The Morgan fingerprint density at radius 3 is 2.51 bits per heavy atom. The van der Waals surface area contributed by atoms with E-state index in [2.05, 4.69) is 20.2 Å². The molecule has 1 spiro atoms. The van der Waals surface area contributed by atoms with Gasteiger partial charge in [0.05, 0.1) is 21.6 Å². The number of hydrogen-bond acceptors (Lipinski definition) is 8. The van der Waals surface area contributed by atoms with E-state index in [4.69, 9.17) is 4.74 Å². The Bertz CT molecular complexity index is 1600. The summed E-state index contributed by atoms with van der Waals surface area (Å²) in [4.78, 5) is 24.6. The minimum absolute atomic E-state index is 0.0227. The molecule has 43 heavy (non-hydrogen) atoms. The highest BCUT2D eigenvalue weighted by atomic mass is 32.2. The SMILES string of the molecule is CCS(=O)(=O)c1ccc(CNC(=O)c2cc3c(s2)C2(CCN(C(C)c4cnc(C(F)(F)F)nc4C)CC2)O[C@@H](C)C3)cc1. The number of likely N-dealkylation sites (tertiary alicyclic amines) is 1. The monoisotopic (exact) mass is 636 g/mol. The first-order chi connectivity index (χ1) is 20.2. The number of aryl methyl sites for hydroxylation is 1. The molecule has 1 saturated heterocycles. The highest BCUT2D eigenvalue weighted by Crippen LogP contribution is 2.48. The Hall–Kier alpha value is -2.87. The van der Waals surface area contributed by atoms with Crippen LogP contribution in [0.25, 0.3) is 0 Å². The average Bonchev–Trinajstić information content (AvgIpc) is 3.41. The van der Waals surface area contributed by atoms with E-state index in [0.29, 0.717) is 48.5 Å². The second-order valence-electron chi connectivity index (χ2n) is 11.3. The number of rotatable bonds is 7. The van der Waals surface area contributed by atoms with Crippen LogP contribution in [-0.4, -0.2) is 54.1 Å². The fourth-order valence-corrected chi connectivity index (χ4v) is 8.14. The molecule has 0 saturated carbocycles. The van der Waals surface area contributed by atoms with E-state index in [9.17, 15) is 26.4 Å². The first kappa shape index (κ1) is 31.6. The first-order valence-corrected chi connectivity index (χ1v) is 16.7. The number of nitrogens with zero attached hydrogens (tertiary/aromatic N) is 3. The van der Waals surface area contributed by atoms with Gasteiger partial charge in [0.2, 0.25) is 5.82 Å². The number of alkyl halides is 3. The largest absolute Gasteiger partial charge is 0.451 e. The van der Waals surface area contributed by atoms with Gasteiger partial charge in [-0.15, -0.1) is 11.3 Å². The third kappa shape index (κ3) is 6.50. The molecule has 5 rings (SSSR count). The van der Waals surface area contributed by atoms with Gasteiger partial charge in [-0.25, -0.2) is 18.4 Å². The molecule has 8 nitrogen and oxygen atoms in total. The Kier molecular flexibility index (Phi) is 8.73. The minimum atomic E-state index is -4.58. The number of hydrogen-bond donors (Lipinski definition) is 1. The van der Waals surface area contributed by atoms with Crippen molar-refractivity contribution in [2.45, 2.75) is 82.3 Å². The second-order valence-corrected chi connectivity index (χ2v) is 14.6. The van der Waals surface area contributed by atoms with Crippen LogP contribution in [0.4, 0.5) is 13.2 Å². The molecule has 232 valence electrons. The maximum atomic E-state index is 13.1. The number of thiophene rings is 1. The highest BCUT2D eigenvalue weighted by molar-refractivity contribution is 7.91. The predicted octanol–water partition coefficient (Wildman–Crippen LogP) is 5.60. The molecule has 2 atom stereocenters. The van der Waals surface area contributed by atoms with Crippen molar-refractivity contribution in [2.24, 2.45) is 0 Å². The number of benzene rings is 1. The smallest absolute Gasteiger partial charge is 0.366 e. The van der Waals surface area contributed by atoms with E-state index in [-0.39, 0.29) is 35.2 Å². The third-order valence-electron chi connectivity index (χ3n) is 8.37. The van der Waals surface area contributed by atoms with Gasteiger partial charge in [0.15, 0.2) is 9.84 Å². The number of carbonyl (C=O) groups is 1. The molecule has 3 aromatic rings. The van der Waals surface area contributed by atoms with Crippen LogP contribution in [0.5, 0.6) is 0 Å². The van der Waals surface area contributed by atoms with Gasteiger partial charge in [-0.05, 0) is 69.4 Å². The number of piperidine rings is 1. The lowest BCUT2D eigenvalue weighted by atomic mass is 9.83. The summed E-state index contributed by atoms with van der Waals surface area (Å²) in [5.41, 5.74) is 2.36. The Labute approximate surface area is 253 Å². The van der Waals surface area contributed by atoms with Gasteiger partial charge in [-0.2, -0.15) is 13.2 Å². The molecule has 1 unspecified atom stereocenters. The van der Waals surface area contributed by atoms with Crippen LogP contribution in [-0.2, 0) is 39.3 Å². The summed E-state index contributed by atoms with van der Waals surface area (Å²) in [5, 5.41) is 2.95. The van der Waals surface area contributed by atoms with Crippen molar-refractivity contribution in [3.8, 4) is 0 Å². The van der Waals surface area contributed by atoms with Gasteiger partial charge >= 0.3 is 6.18 Å². The van der Waals surface area contributed by atoms with Crippen LogP contribution in [0.15, 0.2) is 41.4 Å². The number of nitrogens with one attached hydrogen (secondary N) is 1. The molecule has 2 aromatic heterocycles. The van der Waals surface area contributed by atoms with Crippen molar-refractivity contribution in [3.63, 3.8) is 0 Å². The van der Waals surface area contributed by atoms with Gasteiger partial charge in [0, 0.05) is 48.0 Å². The maximum absolute atomic E-state index is 13.1. The summed E-state index contributed by atoms with van der Waals surface area (Å²) in [6.07, 6.45) is -1.25. The lowest BCUT2D eigenvalue weighted by molar-refractivity contribution is -0.145. The van der Waals surface area contributed by atoms with Gasteiger partial charge in [0.1, 0.15) is 5.60 Å². The van der Waals surface area contributed by atoms with E-state index in [1.54, 1.807) is 38.1 Å². The molecular formula is C30H35F3N4O4S2. The summed E-state index contributed by atoms with van der Waals surface area (Å²) in [7, 11) is -3.28. The van der Waals surface area contributed by atoms with Crippen LogP contribution in [0.1, 0.15) is 82.4 Å². The molecule has 2 aliphatic rings. The molecule has 13 heteroatoms. The van der Waals surface area contributed by atoms with E-state index in [1.165, 1.54) is 17.5 Å². The van der Waals surface area contributed by atoms with Crippen LogP contribution >= 0.6 is 11.3 Å². The fourth-order valence-electron chi connectivity index (χ4n) is 5.96. The van der Waals surface area contributed by atoms with E-state index in [0.717, 1.165) is 16.0 Å². The zero-order chi connectivity index (χ0) is 31.2. The summed E-state index contributed by atoms with van der Waals surface area (Å²) in [6, 6.07) is 8.32. The van der Waals surface area contributed by atoms with Crippen molar-refractivity contribution < 1.29 is 31.1 Å². The normalized spacial score (nSPS) is 19.7. The highest BCUT2D eigenvalue weighted by Gasteiger charge is 2.45.